The predicted molar refractivity (Wildman–Crippen MR) is 101 cm³/mol. The lowest BCUT2D eigenvalue weighted by Gasteiger charge is -2.27. The first-order valence-corrected chi connectivity index (χ1v) is 9.55. The first-order valence-electron chi connectivity index (χ1n) is 9.18. The van der Waals surface area contributed by atoms with E-state index in [4.69, 9.17) is 16.1 Å². The maximum Gasteiger partial charge on any atom is 0.228 e. The Morgan fingerprint density at radius 3 is 2.81 bits per heavy atom. The van der Waals surface area contributed by atoms with Crippen molar-refractivity contribution in [1.82, 2.24) is 20.8 Å². The maximum absolute atomic E-state index is 12.1. The Balaban J connectivity index is 1.41. The lowest BCUT2D eigenvalue weighted by atomic mass is 9.84. The first kappa shape index (κ1) is 18.9. The van der Waals surface area contributed by atoms with Crippen molar-refractivity contribution >= 4 is 17.5 Å². The second-order valence-corrected chi connectivity index (χ2v) is 7.32. The number of carbonyl (C=O) groups excluding carboxylic acids is 1. The molecule has 3 rings (SSSR count). The third-order valence-corrected chi connectivity index (χ3v) is 5.18. The van der Waals surface area contributed by atoms with Gasteiger partial charge >= 0.3 is 0 Å². The van der Waals surface area contributed by atoms with E-state index in [1.165, 1.54) is 0 Å². The molecule has 1 aliphatic heterocycles. The molecule has 0 radical (unpaired) electrons. The van der Waals surface area contributed by atoms with E-state index in [0.717, 1.165) is 31.5 Å². The molecule has 0 aliphatic carbocycles. The molecular formula is C19H25ClN4O2. The number of aromatic nitrogens is 2. The van der Waals surface area contributed by atoms with E-state index in [9.17, 15) is 4.79 Å². The summed E-state index contributed by atoms with van der Waals surface area (Å²) in [4.78, 5) is 16.5. The molecule has 0 spiro atoms. The summed E-state index contributed by atoms with van der Waals surface area (Å²) < 4.78 is 5.26. The fraction of sp³-hybridized carbons (Fsp3) is 0.526. The molecule has 2 N–H and O–H groups in total. The van der Waals surface area contributed by atoms with E-state index in [2.05, 4.69) is 27.7 Å². The third-order valence-electron chi connectivity index (χ3n) is 4.93. The van der Waals surface area contributed by atoms with Crippen molar-refractivity contribution < 1.29 is 9.32 Å². The van der Waals surface area contributed by atoms with Gasteiger partial charge in [-0.3, -0.25) is 4.79 Å². The topological polar surface area (TPSA) is 80.1 Å². The zero-order valence-electron chi connectivity index (χ0n) is 15.0. The summed E-state index contributed by atoms with van der Waals surface area (Å²) in [6.07, 6.45) is 3.41. The highest BCUT2D eigenvalue weighted by Gasteiger charge is 2.21. The average molecular weight is 377 g/mol. The molecule has 1 aromatic heterocycles. The zero-order valence-corrected chi connectivity index (χ0v) is 15.8. The molecular weight excluding hydrogens is 352 g/mol. The molecule has 1 atom stereocenters. The average Bonchev–Trinajstić information content (AvgIpc) is 3.12. The van der Waals surface area contributed by atoms with Crippen molar-refractivity contribution in [2.75, 3.05) is 19.6 Å². The Morgan fingerprint density at radius 1 is 1.35 bits per heavy atom. The molecule has 26 heavy (non-hydrogen) atoms. The van der Waals surface area contributed by atoms with Crippen LogP contribution < -0.4 is 10.6 Å². The summed E-state index contributed by atoms with van der Waals surface area (Å²) in [5.74, 6) is 2.19. The van der Waals surface area contributed by atoms with Crippen LogP contribution in [0.15, 0.2) is 28.8 Å². The smallest absolute Gasteiger partial charge is 0.228 e. The van der Waals surface area contributed by atoms with Crippen LogP contribution in [0.25, 0.3) is 11.4 Å². The van der Waals surface area contributed by atoms with Crippen LogP contribution in [-0.4, -0.2) is 35.7 Å². The van der Waals surface area contributed by atoms with Crippen LogP contribution in [0.3, 0.4) is 0 Å². The molecule has 1 fully saturated rings. The highest BCUT2D eigenvalue weighted by atomic mass is 35.5. The highest BCUT2D eigenvalue weighted by molar-refractivity contribution is 6.30. The Hall–Kier alpha value is -1.92. The number of hydrogen-bond donors (Lipinski definition) is 2. The summed E-state index contributed by atoms with van der Waals surface area (Å²) in [5, 5.41) is 11.0. The van der Waals surface area contributed by atoms with Crippen LogP contribution in [0.1, 0.15) is 32.1 Å². The van der Waals surface area contributed by atoms with Crippen LogP contribution in [-0.2, 0) is 11.2 Å². The normalized spacial score (nSPS) is 16.4. The van der Waals surface area contributed by atoms with Gasteiger partial charge in [-0.25, -0.2) is 0 Å². The van der Waals surface area contributed by atoms with Crippen molar-refractivity contribution in [1.29, 1.82) is 0 Å². The number of amides is 1. The summed E-state index contributed by atoms with van der Waals surface area (Å²) in [6.45, 7) is 4.79. The van der Waals surface area contributed by atoms with Crippen molar-refractivity contribution in [3.63, 3.8) is 0 Å². The van der Waals surface area contributed by atoms with Gasteiger partial charge in [0.25, 0.3) is 0 Å². The molecule has 1 aliphatic rings. The van der Waals surface area contributed by atoms with E-state index in [-0.39, 0.29) is 5.91 Å². The zero-order chi connectivity index (χ0) is 18.4. The molecule has 1 unspecified atom stereocenters. The number of nitrogens with zero attached hydrogens (tertiary/aromatic N) is 2. The lowest BCUT2D eigenvalue weighted by Crippen LogP contribution is -2.34. The van der Waals surface area contributed by atoms with Gasteiger partial charge in [0, 0.05) is 30.0 Å². The fourth-order valence-electron chi connectivity index (χ4n) is 3.33. The SMILES string of the molecule is CC(CC(=O)NCCc1nc(-c2ccc(Cl)cc2)no1)C1CCNCC1. The molecule has 6 nitrogen and oxygen atoms in total. The minimum atomic E-state index is 0.0912. The Kier molecular flexibility index (Phi) is 6.63. The largest absolute Gasteiger partial charge is 0.356 e. The van der Waals surface area contributed by atoms with Gasteiger partial charge in [-0.2, -0.15) is 4.98 Å². The van der Waals surface area contributed by atoms with Crippen molar-refractivity contribution in [2.45, 2.75) is 32.6 Å². The summed E-state index contributed by atoms with van der Waals surface area (Å²) in [6, 6.07) is 7.27. The minimum Gasteiger partial charge on any atom is -0.356 e. The summed E-state index contributed by atoms with van der Waals surface area (Å²) in [7, 11) is 0. The van der Waals surface area contributed by atoms with Crippen LogP contribution in [0, 0.1) is 11.8 Å². The van der Waals surface area contributed by atoms with Gasteiger partial charge in [0.2, 0.25) is 17.6 Å². The number of carbonyl (C=O) groups is 1. The second kappa shape index (κ2) is 9.14. The van der Waals surface area contributed by atoms with Crippen LogP contribution in [0.2, 0.25) is 5.02 Å². The van der Waals surface area contributed by atoms with E-state index in [0.29, 0.717) is 48.0 Å². The lowest BCUT2D eigenvalue weighted by molar-refractivity contribution is -0.122. The van der Waals surface area contributed by atoms with Gasteiger partial charge in [-0.05, 0) is 62.0 Å². The van der Waals surface area contributed by atoms with Crippen LogP contribution in [0.5, 0.6) is 0 Å². The second-order valence-electron chi connectivity index (χ2n) is 6.89. The van der Waals surface area contributed by atoms with Crippen LogP contribution >= 0.6 is 11.6 Å². The Labute approximate surface area is 158 Å². The van der Waals surface area contributed by atoms with Gasteiger partial charge in [-0.15, -0.1) is 0 Å². The maximum atomic E-state index is 12.1. The van der Waals surface area contributed by atoms with Crippen molar-refractivity contribution in [3.05, 3.63) is 35.2 Å². The molecule has 2 heterocycles. The van der Waals surface area contributed by atoms with Gasteiger partial charge in [0.05, 0.1) is 0 Å². The summed E-state index contributed by atoms with van der Waals surface area (Å²) >= 11 is 5.88. The molecule has 0 bridgehead atoms. The van der Waals surface area contributed by atoms with Gasteiger partial charge in [-0.1, -0.05) is 23.7 Å². The molecule has 7 heteroatoms. The molecule has 140 valence electrons. The van der Waals surface area contributed by atoms with Gasteiger partial charge in [0.1, 0.15) is 0 Å². The molecule has 0 saturated carbocycles. The minimum absolute atomic E-state index is 0.0912. The fourth-order valence-corrected chi connectivity index (χ4v) is 3.45. The predicted octanol–water partition coefficient (Wildman–Crippen LogP) is 3.07. The van der Waals surface area contributed by atoms with E-state index in [1.54, 1.807) is 12.1 Å². The van der Waals surface area contributed by atoms with Crippen molar-refractivity contribution in [2.24, 2.45) is 11.8 Å². The Morgan fingerprint density at radius 2 is 2.08 bits per heavy atom. The highest BCUT2D eigenvalue weighted by Crippen LogP contribution is 2.24. The van der Waals surface area contributed by atoms with Gasteiger partial charge < -0.3 is 15.2 Å². The third kappa shape index (κ3) is 5.29. The molecule has 1 amide bonds. The standard InChI is InChI=1S/C19H25ClN4O2/c1-13(14-6-9-21-10-7-14)12-17(25)22-11-8-18-23-19(24-26-18)15-2-4-16(20)5-3-15/h2-5,13-14,21H,6-12H2,1H3,(H,22,25). The number of rotatable bonds is 7. The summed E-state index contributed by atoms with van der Waals surface area (Å²) in [5.41, 5.74) is 0.851. The monoisotopic (exact) mass is 376 g/mol. The number of piperidine rings is 1. The van der Waals surface area contributed by atoms with Crippen molar-refractivity contribution in [3.8, 4) is 11.4 Å². The Bertz CT molecular complexity index is 711. The quantitative estimate of drug-likeness (QED) is 0.776. The van der Waals surface area contributed by atoms with E-state index < -0.39 is 0 Å². The van der Waals surface area contributed by atoms with Gasteiger partial charge in [0.15, 0.2) is 0 Å². The van der Waals surface area contributed by atoms with E-state index >= 15 is 0 Å². The first-order chi connectivity index (χ1) is 12.6. The number of benzene rings is 1. The van der Waals surface area contributed by atoms with Crippen LogP contribution in [0.4, 0.5) is 0 Å². The molecule has 1 aromatic carbocycles. The number of halogens is 1. The number of hydrogen-bond acceptors (Lipinski definition) is 5. The molecule has 1 saturated heterocycles. The molecule has 2 aromatic rings. The van der Waals surface area contributed by atoms with E-state index in [1.807, 2.05) is 12.1 Å². The number of nitrogens with one attached hydrogen (secondary N) is 2.